The Hall–Kier alpha value is -2.34. The largest absolute Gasteiger partial charge is 0.351 e. The molecule has 1 aliphatic rings. The highest BCUT2D eigenvalue weighted by atomic mass is 35.5. The van der Waals surface area contributed by atoms with E-state index in [2.05, 4.69) is 10.5 Å². The van der Waals surface area contributed by atoms with E-state index >= 15 is 0 Å². The van der Waals surface area contributed by atoms with Crippen LogP contribution in [0.3, 0.4) is 0 Å². The van der Waals surface area contributed by atoms with Crippen LogP contribution >= 0.6 is 11.6 Å². The summed E-state index contributed by atoms with van der Waals surface area (Å²) in [6.45, 7) is 3.17. The van der Waals surface area contributed by atoms with Gasteiger partial charge in [-0.3, -0.25) is 9.59 Å². The number of halogens is 1. The number of nitrogens with zero attached hydrogens (tertiary/aromatic N) is 2. The van der Waals surface area contributed by atoms with E-state index in [-0.39, 0.29) is 11.7 Å². The second-order valence-corrected chi connectivity index (χ2v) is 5.91. The Balaban J connectivity index is 1.86. The smallest absolute Gasteiger partial charge is 0.294 e. The lowest BCUT2D eigenvalue weighted by Gasteiger charge is -2.18. The molecular formula is C16H16ClN3O3. The van der Waals surface area contributed by atoms with Crippen LogP contribution in [0.25, 0.3) is 0 Å². The highest BCUT2D eigenvalue weighted by molar-refractivity contribution is 6.31. The van der Waals surface area contributed by atoms with Gasteiger partial charge in [-0.15, -0.1) is 0 Å². The minimum atomic E-state index is -0.455. The van der Waals surface area contributed by atoms with Crippen molar-refractivity contribution in [3.63, 3.8) is 0 Å². The number of amides is 2. The molecule has 1 aromatic heterocycles. The predicted octanol–water partition coefficient (Wildman–Crippen LogP) is 3.12. The second-order valence-electron chi connectivity index (χ2n) is 5.48. The Morgan fingerprint density at radius 1 is 1.26 bits per heavy atom. The van der Waals surface area contributed by atoms with Crippen LogP contribution in [0.1, 0.15) is 39.4 Å². The van der Waals surface area contributed by atoms with Gasteiger partial charge in [-0.1, -0.05) is 16.8 Å². The Bertz CT molecular complexity index is 751. The summed E-state index contributed by atoms with van der Waals surface area (Å²) in [5, 5.41) is 6.82. The van der Waals surface area contributed by atoms with E-state index in [1.165, 1.54) is 6.07 Å². The van der Waals surface area contributed by atoms with Crippen molar-refractivity contribution in [3.8, 4) is 0 Å². The Labute approximate surface area is 138 Å². The van der Waals surface area contributed by atoms with Gasteiger partial charge in [0.05, 0.1) is 16.9 Å². The summed E-state index contributed by atoms with van der Waals surface area (Å²) in [5.41, 5.74) is 1.40. The summed E-state index contributed by atoms with van der Waals surface area (Å²) in [6.07, 6.45) is 1.98. The zero-order valence-electron chi connectivity index (χ0n) is 12.6. The first-order valence-electron chi connectivity index (χ1n) is 7.38. The topological polar surface area (TPSA) is 75.4 Å². The van der Waals surface area contributed by atoms with Crippen LogP contribution < -0.4 is 5.32 Å². The summed E-state index contributed by atoms with van der Waals surface area (Å²) in [6, 6.07) is 6.35. The number of rotatable bonds is 3. The standard InChI is InChI=1S/C16H16ClN3O3/c1-10-8-14(23-19-10)15(21)18-13-5-4-11(17)9-12(13)16(22)20-6-2-3-7-20/h4-5,8-9H,2-3,6-7H2,1H3,(H,18,21). The number of hydrogen-bond donors (Lipinski definition) is 1. The molecule has 1 saturated heterocycles. The molecule has 2 aromatic rings. The number of hydrogen-bond acceptors (Lipinski definition) is 4. The lowest BCUT2D eigenvalue weighted by Crippen LogP contribution is -2.28. The van der Waals surface area contributed by atoms with Crippen LogP contribution in [-0.4, -0.2) is 35.0 Å². The van der Waals surface area contributed by atoms with Gasteiger partial charge in [-0.2, -0.15) is 0 Å². The molecule has 1 N–H and O–H groups in total. The predicted molar refractivity (Wildman–Crippen MR) is 85.8 cm³/mol. The molecule has 7 heteroatoms. The number of carbonyl (C=O) groups excluding carboxylic acids is 2. The van der Waals surface area contributed by atoms with Crippen LogP contribution in [0.15, 0.2) is 28.8 Å². The maximum absolute atomic E-state index is 12.6. The third-order valence-electron chi connectivity index (χ3n) is 3.71. The maximum Gasteiger partial charge on any atom is 0.294 e. The first kappa shape index (κ1) is 15.6. The van der Waals surface area contributed by atoms with E-state index in [4.69, 9.17) is 16.1 Å². The summed E-state index contributed by atoms with van der Waals surface area (Å²) in [4.78, 5) is 26.6. The van der Waals surface area contributed by atoms with E-state index in [1.807, 2.05) is 0 Å². The zero-order valence-corrected chi connectivity index (χ0v) is 13.4. The molecular weight excluding hydrogens is 318 g/mol. The van der Waals surface area contributed by atoms with E-state index in [9.17, 15) is 9.59 Å². The van der Waals surface area contributed by atoms with Crippen molar-refractivity contribution < 1.29 is 14.1 Å². The van der Waals surface area contributed by atoms with Gasteiger partial charge < -0.3 is 14.7 Å². The third kappa shape index (κ3) is 3.37. The van der Waals surface area contributed by atoms with Crippen LogP contribution in [-0.2, 0) is 0 Å². The molecule has 3 rings (SSSR count). The number of aryl methyl sites for hydroxylation is 1. The fourth-order valence-corrected chi connectivity index (χ4v) is 2.72. The normalized spacial score (nSPS) is 14.1. The summed E-state index contributed by atoms with van der Waals surface area (Å²) >= 11 is 6.01. The Kier molecular flexibility index (Phi) is 4.34. The Morgan fingerprint density at radius 2 is 2.00 bits per heavy atom. The molecule has 23 heavy (non-hydrogen) atoms. The van der Waals surface area contributed by atoms with E-state index in [1.54, 1.807) is 30.0 Å². The molecule has 2 amide bonds. The van der Waals surface area contributed by atoms with Crippen molar-refractivity contribution in [1.82, 2.24) is 10.1 Å². The van der Waals surface area contributed by atoms with Crippen LogP contribution in [0.4, 0.5) is 5.69 Å². The fraction of sp³-hybridized carbons (Fsp3) is 0.312. The number of nitrogens with one attached hydrogen (secondary N) is 1. The van der Waals surface area contributed by atoms with E-state index in [0.29, 0.717) is 22.0 Å². The molecule has 6 nitrogen and oxygen atoms in total. The van der Waals surface area contributed by atoms with Crippen molar-refractivity contribution >= 4 is 29.1 Å². The Morgan fingerprint density at radius 3 is 2.65 bits per heavy atom. The molecule has 0 saturated carbocycles. The van der Waals surface area contributed by atoms with E-state index in [0.717, 1.165) is 25.9 Å². The molecule has 0 unspecified atom stereocenters. The highest BCUT2D eigenvalue weighted by Gasteiger charge is 2.23. The highest BCUT2D eigenvalue weighted by Crippen LogP contribution is 2.24. The van der Waals surface area contributed by atoms with Crippen molar-refractivity contribution in [2.24, 2.45) is 0 Å². The van der Waals surface area contributed by atoms with Crippen LogP contribution in [0.5, 0.6) is 0 Å². The number of carbonyl (C=O) groups is 2. The average molecular weight is 334 g/mol. The van der Waals surface area contributed by atoms with Gasteiger partial charge in [0.1, 0.15) is 0 Å². The fourth-order valence-electron chi connectivity index (χ4n) is 2.55. The number of aromatic nitrogens is 1. The molecule has 1 aliphatic heterocycles. The lowest BCUT2D eigenvalue weighted by atomic mass is 10.1. The molecule has 0 bridgehead atoms. The number of likely N-dealkylation sites (tertiary alicyclic amines) is 1. The van der Waals surface area contributed by atoms with Crippen molar-refractivity contribution in [2.75, 3.05) is 18.4 Å². The summed E-state index contributed by atoms with van der Waals surface area (Å²) in [5.74, 6) is -0.491. The van der Waals surface area contributed by atoms with Gasteiger partial charge >= 0.3 is 0 Å². The molecule has 1 fully saturated rings. The number of benzene rings is 1. The van der Waals surface area contributed by atoms with Gasteiger partial charge in [0.15, 0.2) is 0 Å². The minimum Gasteiger partial charge on any atom is -0.351 e. The monoisotopic (exact) mass is 333 g/mol. The van der Waals surface area contributed by atoms with Crippen LogP contribution in [0, 0.1) is 6.92 Å². The molecule has 0 aliphatic carbocycles. The van der Waals surface area contributed by atoms with Gasteiger partial charge in [-0.05, 0) is 38.0 Å². The molecule has 0 atom stereocenters. The van der Waals surface area contributed by atoms with Crippen LogP contribution in [0.2, 0.25) is 5.02 Å². The summed E-state index contributed by atoms with van der Waals surface area (Å²) in [7, 11) is 0. The first-order chi connectivity index (χ1) is 11.0. The van der Waals surface area contributed by atoms with Gasteiger partial charge in [0.25, 0.3) is 11.8 Å². The third-order valence-corrected chi connectivity index (χ3v) is 3.94. The van der Waals surface area contributed by atoms with Gasteiger partial charge in [-0.25, -0.2) is 0 Å². The van der Waals surface area contributed by atoms with Crippen molar-refractivity contribution in [1.29, 1.82) is 0 Å². The molecule has 2 heterocycles. The van der Waals surface area contributed by atoms with E-state index < -0.39 is 5.91 Å². The summed E-state index contributed by atoms with van der Waals surface area (Å²) < 4.78 is 4.94. The lowest BCUT2D eigenvalue weighted by molar-refractivity contribution is 0.0794. The molecule has 0 radical (unpaired) electrons. The second kappa shape index (κ2) is 6.42. The van der Waals surface area contributed by atoms with Crippen molar-refractivity contribution in [3.05, 3.63) is 46.3 Å². The molecule has 1 aromatic carbocycles. The maximum atomic E-state index is 12.6. The molecule has 0 spiro atoms. The quantitative estimate of drug-likeness (QED) is 0.936. The number of anilines is 1. The van der Waals surface area contributed by atoms with Crippen molar-refractivity contribution in [2.45, 2.75) is 19.8 Å². The van der Waals surface area contributed by atoms with Gasteiger partial charge in [0.2, 0.25) is 5.76 Å². The zero-order chi connectivity index (χ0) is 16.4. The first-order valence-corrected chi connectivity index (χ1v) is 7.76. The minimum absolute atomic E-state index is 0.0945. The average Bonchev–Trinajstić information content (AvgIpc) is 3.19. The van der Waals surface area contributed by atoms with Gasteiger partial charge in [0, 0.05) is 24.2 Å². The SMILES string of the molecule is Cc1cc(C(=O)Nc2ccc(Cl)cc2C(=O)N2CCCC2)on1. The molecule has 120 valence electrons.